The quantitative estimate of drug-likeness (QED) is 0.794. The Labute approximate surface area is 108 Å². The number of nitrogens with two attached hydrogens (primary N) is 1. The molecule has 2 rings (SSSR count). The molecule has 0 radical (unpaired) electrons. The van der Waals surface area contributed by atoms with Crippen molar-refractivity contribution in [1.29, 1.82) is 0 Å². The molecule has 0 spiro atoms. The average Bonchev–Trinajstić information content (AvgIpc) is 2.70. The van der Waals surface area contributed by atoms with Crippen molar-refractivity contribution in [3.63, 3.8) is 0 Å². The van der Waals surface area contributed by atoms with Crippen LogP contribution < -0.4 is 11.4 Å². The fourth-order valence-corrected chi connectivity index (χ4v) is 2.39. The maximum Gasteiger partial charge on any atom is 0.344 e. The van der Waals surface area contributed by atoms with Gasteiger partial charge in [0.2, 0.25) is 0 Å². The second-order valence-corrected chi connectivity index (χ2v) is 4.94. The molecular weight excluding hydrogens is 252 g/mol. The highest BCUT2D eigenvalue weighted by atomic mass is 32.2. The van der Waals surface area contributed by atoms with Gasteiger partial charge in [-0.15, -0.1) is 5.10 Å². The summed E-state index contributed by atoms with van der Waals surface area (Å²) in [6.45, 7) is 3.87. The highest BCUT2D eigenvalue weighted by molar-refractivity contribution is 7.98. The number of nitrogens with one attached hydrogen (secondary N) is 1. The minimum Gasteiger partial charge on any atom is -0.382 e. The first kappa shape index (κ1) is 12.6. The number of anilines is 1. The summed E-state index contributed by atoms with van der Waals surface area (Å²) < 4.78 is 1.61. The van der Waals surface area contributed by atoms with Crippen LogP contribution in [0.3, 0.4) is 0 Å². The zero-order chi connectivity index (χ0) is 13.1. The second kappa shape index (κ2) is 5.21. The molecule has 0 saturated heterocycles. The third kappa shape index (κ3) is 2.70. The summed E-state index contributed by atoms with van der Waals surface area (Å²) in [5, 5.41) is 7.08. The molecule has 0 bridgehead atoms. The van der Waals surface area contributed by atoms with Crippen LogP contribution in [0, 0.1) is 0 Å². The lowest BCUT2D eigenvalue weighted by Gasteiger charge is -2.07. The van der Waals surface area contributed by atoms with E-state index in [0.717, 1.165) is 5.69 Å². The monoisotopic (exact) mass is 266 g/mol. The van der Waals surface area contributed by atoms with Crippen LogP contribution in [0.5, 0.6) is 0 Å². The molecule has 8 heteroatoms. The Balaban J connectivity index is 2.11. The van der Waals surface area contributed by atoms with Gasteiger partial charge in [-0.2, -0.15) is 0 Å². The van der Waals surface area contributed by atoms with E-state index in [-0.39, 0.29) is 11.7 Å². The van der Waals surface area contributed by atoms with Crippen molar-refractivity contribution >= 4 is 17.6 Å². The molecule has 96 valence electrons. The molecular formula is C10H14N6OS. The van der Waals surface area contributed by atoms with Crippen LogP contribution in [0.1, 0.15) is 25.6 Å². The molecule has 0 amide bonds. The summed E-state index contributed by atoms with van der Waals surface area (Å²) in [5.41, 5.74) is 6.05. The molecule has 2 aromatic heterocycles. The summed E-state index contributed by atoms with van der Waals surface area (Å²) in [5.74, 6) is 0.979. The van der Waals surface area contributed by atoms with Crippen molar-refractivity contribution in [3.05, 3.63) is 28.6 Å². The highest BCUT2D eigenvalue weighted by Crippen LogP contribution is 2.20. The number of nitrogens with zero attached hydrogens (tertiary/aromatic N) is 4. The number of H-pyrrole nitrogens is 1. The van der Waals surface area contributed by atoms with Gasteiger partial charge in [0.1, 0.15) is 5.82 Å². The normalized spacial score (nSPS) is 11.1. The van der Waals surface area contributed by atoms with Crippen molar-refractivity contribution in [2.24, 2.45) is 0 Å². The first-order valence-corrected chi connectivity index (χ1v) is 6.42. The lowest BCUT2D eigenvalue weighted by atomic mass is 10.4. The Hall–Kier alpha value is -1.83. The molecule has 0 fully saturated rings. The third-order valence-corrected chi connectivity index (χ3v) is 3.25. The molecule has 7 nitrogen and oxygen atoms in total. The topological polar surface area (TPSA) is 102 Å². The molecule has 18 heavy (non-hydrogen) atoms. The predicted octanol–water partition coefficient (Wildman–Crippen LogP) is 0.817. The molecule has 2 aromatic rings. The van der Waals surface area contributed by atoms with Gasteiger partial charge in [-0.1, -0.05) is 11.8 Å². The maximum atomic E-state index is 11.5. The summed E-state index contributed by atoms with van der Waals surface area (Å²) >= 11 is 1.43. The smallest absolute Gasteiger partial charge is 0.344 e. The van der Waals surface area contributed by atoms with Crippen molar-refractivity contribution in [3.8, 4) is 0 Å². The molecule has 0 aliphatic heterocycles. The third-order valence-electron chi connectivity index (χ3n) is 2.26. The Morgan fingerprint density at radius 1 is 1.44 bits per heavy atom. The number of aromatic nitrogens is 5. The first-order chi connectivity index (χ1) is 8.58. The summed E-state index contributed by atoms with van der Waals surface area (Å²) in [6, 6.07) is 0.0660. The van der Waals surface area contributed by atoms with Crippen molar-refractivity contribution in [2.75, 3.05) is 5.73 Å². The molecule has 2 heterocycles. The van der Waals surface area contributed by atoms with E-state index in [1.54, 1.807) is 10.8 Å². The van der Waals surface area contributed by atoms with Gasteiger partial charge in [-0.25, -0.2) is 14.9 Å². The number of rotatable bonds is 4. The van der Waals surface area contributed by atoms with Crippen LogP contribution in [-0.2, 0) is 5.75 Å². The van der Waals surface area contributed by atoms with Gasteiger partial charge in [0.15, 0.2) is 5.16 Å². The molecule has 0 saturated carbocycles. The number of nitrogen functional groups attached to an aromatic ring is 1. The van der Waals surface area contributed by atoms with Crippen LogP contribution >= 0.6 is 11.8 Å². The number of hydrogen-bond acceptors (Lipinski definition) is 6. The van der Waals surface area contributed by atoms with Crippen molar-refractivity contribution in [2.45, 2.75) is 30.8 Å². The Morgan fingerprint density at radius 3 is 2.83 bits per heavy atom. The standard InChI is InChI=1S/C10H14N6OS/c1-6(2)16-9(17)14-15-10(16)18-5-7-3-13-8(11)4-12-7/h3-4,6H,5H2,1-2H3,(H2,11,13)(H,14,17). The van der Waals surface area contributed by atoms with Gasteiger partial charge in [-0.05, 0) is 13.8 Å². The largest absolute Gasteiger partial charge is 0.382 e. The minimum atomic E-state index is -0.198. The Kier molecular flexibility index (Phi) is 3.66. The first-order valence-electron chi connectivity index (χ1n) is 5.44. The van der Waals surface area contributed by atoms with E-state index < -0.39 is 0 Å². The van der Waals surface area contributed by atoms with E-state index >= 15 is 0 Å². The summed E-state index contributed by atoms with van der Waals surface area (Å²) in [7, 11) is 0. The van der Waals surface area contributed by atoms with E-state index in [2.05, 4.69) is 20.2 Å². The van der Waals surface area contributed by atoms with Crippen molar-refractivity contribution < 1.29 is 0 Å². The van der Waals surface area contributed by atoms with Crippen LogP contribution in [0.4, 0.5) is 5.82 Å². The molecule has 0 aliphatic carbocycles. The van der Waals surface area contributed by atoms with Gasteiger partial charge in [0.05, 0.1) is 18.1 Å². The zero-order valence-corrected chi connectivity index (χ0v) is 10.9. The molecule has 0 atom stereocenters. The Bertz CT molecular complexity index is 573. The maximum absolute atomic E-state index is 11.5. The SMILES string of the molecule is CC(C)n1c(SCc2cnc(N)cn2)n[nH]c1=O. The fraction of sp³-hybridized carbons (Fsp3) is 0.400. The zero-order valence-electron chi connectivity index (χ0n) is 10.1. The number of aromatic amines is 1. The molecule has 0 unspecified atom stereocenters. The molecule has 3 N–H and O–H groups in total. The lowest BCUT2D eigenvalue weighted by Crippen LogP contribution is -2.19. The van der Waals surface area contributed by atoms with E-state index in [1.165, 1.54) is 18.0 Å². The molecule has 0 aromatic carbocycles. The summed E-state index contributed by atoms with van der Waals surface area (Å²) in [6.07, 6.45) is 3.13. The van der Waals surface area contributed by atoms with Gasteiger partial charge in [0, 0.05) is 11.8 Å². The van der Waals surface area contributed by atoms with Crippen LogP contribution in [0.15, 0.2) is 22.3 Å². The van der Waals surface area contributed by atoms with E-state index in [0.29, 0.717) is 16.7 Å². The second-order valence-electron chi connectivity index (χ2n) is 4.00. The van der Waals surface area contributed by atoms with Crippen LogP contribution in [0.2, 0.25) is 0 Å². The number of thioether (sulfide) groups is 1. The Morgan fingerprint density at radius 2 is 2.22 bits per heavy atom. The predicted molar refractivity (Wildman–Crippen MR) is 69.2 cm³/mol. The van der Waals surface area contributed by atoms with E-state index in [1.807, 2.05) is 13.8 Å². The van der Waals surface area contributed by atoms with Gasteiger partial charge in [0.25, 0.3) is 0 Å². The fourth-order valence-electron chi connectivity index (χ4n) is 1.43. The van der Waals surface area contributed by atoms with Crippen LogP contribution in [0.25, 0.3) is 0 Å². The van der Waals surface area contributed by atoms with Gasteiger partial charge >= 0.3 is 5.69 Å². The molecule has 0 aliphatic rings. The average molecular weight is 266 g/mol. The number of hydrogen-bond donors (Lipinski definition) is 2. The minimum absolute atomic E-state index is 0.0660. The van der Waals surface area contributed by atoms with E-state index in [4.69, 9.17) is 5.73 Å². The highest BCUT2D eigenvalue weighted by Gasteiger charge is 2.12. The van der Waals surface area contributed by atoms with Crippen molar-refractivity contribution in [1.82, 2.24) is 24.7 Å². The summed E-state index contributed by atoms with van der Waals surface area (Å²) in [4.78, 5) is 19.6. The lowest BCUT2D eigenvalue weighted by molar-refractivity contribution is 0.534. The van der Waals surface area contributed by atoms with Crippen LogP contribution in [-0.4, -0.2) is 24.7 Å². The van der Waals surface area contributed by atoms with Gasteiger partial charge < -0.3 is 5.73 Å². The van der Waals surface area contributed by atoms with Gasteiger partial charge in [-0.3, -0.25) is 9.55 Å². The van der Waals surface area contributed by atoms with E-state index in [9.17, 15) is 4.79 Å².